The van der Waals surface area contributed by atoms with Crippen molar-refractivity contribution >= 4 is 28.6 Å². The Labute approximate surface area is 159 Å². The standard InChI is InChI=1S/C20H18FN3O2S/c1-3-10-22-18(25)12-27-20-23-17-7-5-4-6-15(17)19(26)24(20)14-9-8-13(2)16(21)11-14/h3-9,11H,1,10,12H2,2H3,(H,22,25). The van der Waals surface area contributed by atoms with Crippen LogP contribution >= 0.6 is 11.8 Å². The first-order valence-electron chi connectivity index (χ1n) is 8.30. The monoisotopic (exact) mass is 383 g/mol. The van der Waals surface area contributed by atoms with Crippen LogP contribution in [0.1, 0.15) is 5.56 Å². The Kier molecular flexibility index (Phi) is 5.71. The molecule has 0 aliphatic heterocycles. The number of carbonyl (C=O) groups is 1. The third-order valence-corrected chi connectivity index (χ3v) is 4.87. The number of carbonyl (C=O) groups excluding carboxylic acids is 1. The van der Waals surface area contributed by atoms with Crippen molar-refractivity contribution in [1.29, 1.82) is 0 Å². The Balaban J connectivity index is 2.09. The molecular formula is C20H18FN3O2S. The van der Waals surface area contributed by atoms with Crippen molar-refractivity contribution in [3.05, 3.63) is 76.9 Å². The Morgan fingerprint density at radius 1 is 1.33 bits per heavy atom. The molecule has 0 radical (unpaired) electrons. The van der Waals surface area contributed by atoms with E-state index in [9.17, 15) is 14.0 Å². The molecular weight excluding hydrogens is 365 g/mol. The number of thioether (sulfide) groups is 1. The lowest BCUT2D eigenvalue weighted by molar-refractivity contribution is -0.118. The van der Waals surface area contributed by atoms with Gasteiger partial charge in [0.1, 0.15) is 5.82 Å². The van der Waals surface area contributed by atoms with Gasteiger partial charge in [-0.3, -0.25) is 14.2 Å². The minimum absolute atomic E-state index is 0.0764. The van der Waals surface area contributed by atoms with E-state index in [-0.39, 0.29) is 17.2 Å². The summed E-state index contributed by atoms with van der Waals surface area (Å²) in [4.78, 5) is 29.5. The second-order valence-electron chi connectivity index (χ2n) is 5.87. The minimum Gasteiger partial charge on any atom is -0.352 e. The van der Waals surface area contributed by atoms with Crippen LogP contribution in [0.3, 0.4) is 0 Å². The quantitative estimate of drug-likeness (QED) is 0.403. The van der Waals surface area contributed by atoms with Gasteiger partial charge in [-0.05, 0) is 36.8 Å². The number of nitrogens with one attached hydrogen (secondary N) is 1. The molecule has 5 nitrogen and oxygen atoms in total. The summed E-state index contributed by atoms with van der Waals surface area (Å²) in [6.07, 6.45) is 1.59. The van der Waals surface area contributed by atoms with E-state index in [1.165, 1.54) is 10.6 Å². The van der Waals surface area contributed by atoms with E-state index < -0.39 is 5.82 Å². The van der Waals surface area contributed by atoms with Gasteiger partial charge in [0.15, 0.2) is 5.16 Å². The topological polar surface area (TPSA) is 64.0 Å². The van der Waals surface area contributed by atoms with E-state index in [2.05, 4.69) is 16.9 Å². The number of rotatable bonds is 6. The van der Waals surface area contributed by atoms with E-state index in [4.69, 9.17) is 0 Å². The van der Waals surface area contributed by atoms with Crippen molar-refractivity contribution in [3.63, 3.8) is 0 Å². The van der Waals surface area contributed by atoms with Gasteiger partial charge in [0.05, 0.1) is 22.3 Å². The fourth-order valence-electron chi connectivity index (χ4n) is 2.52. The van der Waals surface area contributed by atoms with E-state index in [0.29, 0.717) is 33.9 Å². The first kappa shape index (κ1) is 18.8. The second-order valence-corrected chi connectivity index (χ2v) is 6.81. The molecule has 2 aromatic carbocycles. The van der Waals surface area contributed by atoms with Crippen LogP contribution < -0.4 is 10.9 Å². The maximum absolute atomic E-state index is 14.1. The van der Waals surface area contributed by atoms with Crippen LogP contribution in [0.4, 0.5) is 4.39 Å². The predicted octanol–water partition coefficient (Wildman–Crippen LogP) is 3.23. The molecule has 0 spiro atoms. The Morgan fingerprint density at radius 3 is 2.85 bits per heavy atom. The van der Waals surface area contributed by atoms with Crippen LogP contribution in [0.5, 0.6) is 0 Å². The highest BCUT2D eigenvalue weighted by Gasteiger charge is 2.15. The number of aromatic nitrogens is 2. The lowest BCUT2D eigenvalue weighted by Crippen LogP contribution is -2.26. The third kappa shape index (κ3) is 4.09. The van der Waals surface area contributed by atoms with Gasteiger partial charge >= 0.3 is 0 Å². The molecule has 0 aliphatic carbocycles. The van der Waals surface area contributed by atoms with Crippen LogP contribution in [0.25, 0.3) is 16.6 Å². The van der Waals surface area contributed by atoms with E-state index >= 15 is 0 Å². The molecule has 0 atom stereocenters. The number of hydrogen-bond donors (Lipinski definition) is 1. The highest BCUT2D eigenvalue weighted by Crippen LogP contribution is 2.22. The molecule has 0 bridgehead atoms. The molecule has 0 saturated heterocycles. The number of hydrogen-bond acceptors (Lipinski definition) is 4. The van der Waals surface area contributed by atoms with Gasteiger partial charge in [0, 0.05) is 6.54 Å². The molecule has 3 rings (SSSR count). The van der Waals surface area contributed by atoms with Crippen molar-refractivity contribution in [2.24, 2.45) is 0 Å². The summed E-state index contributed by atoms with van der Waals surface area (Å²) < 4.78 is 15.4. The number of nitrogens with zero attached hydrogens (tertiary/aromatic N) is 2. The van der Waals surface area contributed by atoms with Crippen LogP contribution in [0.2, 0.25) is 0 Å². The molecule has 0 fully saturated rings. The Hall–Kier alpha value is -2.93. The zero-order valence-electron chi connectivity index (χ0n) is 14.7. The SMILES string of the molecule is C=CCNC(=O)CSc1nc2ccccc2c(=O)n1-c1ccc(C)c(F)c1. The molecule has 1 heterocycles. The number of halogens is 1. The first-order valence-corrected chi connectivity index (χ1v) is 9.28. The third-order valence-electron chi connectivity index (χ3n) is 3.93. The van der Waals surface area contributed by atoms with E-state index in [1.807, 2.05) is 0 Å². The van der Waals surface area contributed by atoms with Crippen LogP contribution in [-0.4, -0.2) is 27.8 Å². The van der Waals surface area contributed by atoms with Crippen molar-refractivity contribution < 1.29 is 9.18 Å². The van der Waals surface area contributed by atoms with Gasteiger partial charge in [-0.2, -0.15) is 0 Å². The summed E-state index contributed by atoms with van der Waals surface area (Å²) in [6, 6.07) is 11.5. The van der Waals surface area contributed by atoms with Crippen LogP contribution in [0, 0.1) is 12.7 Å². The van der Waals surface area contributed by atoms with Gasteiger partial charge in [0.2, 0.25) is 5.91 Å². The number of aryl methyl sites for hydroxylation is 1. The van der Waals surface area contributed by atoms with Crippen molar-refractivity contribution in [2.75, 3.05) is 12.3 Å². The van der Waals surface area contributed by atoms with Crippen molar-refractivity contribution in [3.8, 4) is 5.69 Å². The van der Waals surface area contributed by atoms with Gasteiger partial charge in [-0.15, -0.1) is 6.58 Å². The lowest BCUT2D eigenvalue weighted by Gasteiger charge is -2.13. The molecule has 138 valence electrons. The fourth-order valence-corrected chi connectivity index (χ4v) is 3.37. The zero-order chi connectivity index (χ0) is 19.4. The molecule has 1 N–H and O–H groups in total. The van der Waals surface area contributed by atoms with Gasteiger partial charge in [0.25, 0.3) is 5.56 Å². The summed E-state index contributed by atoms with van der Waals surface area (Å²) in [5, 5.41) is 3.44. The summed E-state index contributed by atoms with van der Waals surface area (Å²) in [7, 11) is 0. The molecule has 1 aromatic heterocycles. The zero-order valence-corrected chi connectivity index (χ0v) is 15.6. The van der Waals surface area contributed by atoms with Crippen molar-refractivity contribution in [2.45, 2.75) is 12.1 Å². The van der Waals surface area contributed by atoms with Gasteiger partial charge in [-0.25, -0.2) is 9.37 Å². The molecule has 0 aliphatic rings. The average molecular weight is 383 g/mol. The number of benzene rings is 2. The highest BCUT2D eigenvalue weighted by molar-refractivity contribution is 7.99. The largest absolute Gasteiger partial charge is 0.352 e. The lowest BCUT2D eigenvalue weighted by atomic mass is 10.2. The number of amides is 1. The predicted molar refractivity (Wildman–Crippen MR) is 106 cm³/mol. The maximum atomic E-state index is 14.1. The van der Waals surface area contributed by atoms with Gasteiger partial charge in [-0.1, -0.05) is 36.0 Å². The number of fused-ring (bicyclic) bond motifs is 1. The average Bonchev–Trinajstić information content (AvgIpc) is 2.67. The van der Waals surface area contributed by atoms with E-state index in [0.717, 1.165) is 11.8 Å². The maximum Gasteiger partial charge on any atom is 0.266 e. The molecule has 0 unspecified atom stereocenters. The smallest absolute Gasteiger partial charge is 0.266 e. The number of para-hydroxylation sites is 1. The van der Waals surface area contributed by atoms with Gasteiger partial charge < -0.3 is 5.32 Å². The minimum atomic E-state index is -0.410. The fraction of sp³-hybridized carbons (Fsp3) is 0.150. The van der Waals surface area contributed by atoms with Crippen LogP contribution in [-0.2, 0) is 4.79 Å². The normalized spacial score (nSPS) is 10.7. The summed E-state index contributed by atoms with van der Waals surface area (Å²) >= 11 is 1.12. The molecule has 1 amide bonds. The second kappa shape index (κ2) is 8.18. The molecule has 7 heteroatoms. The molecule has 27 heavy (non-hydrogen) atoms. The van der Waals surface area contributed by atoms with E-state index in [1.54, 1.807) is 49.4 Å². The molecule has 0 saturated carbocycles. The summed E-state index contributed by atoms with van der Waals surface area (Å²) in [5.74, 6) is -0.538. The highest BCUT2D eigenvalue weighted by atomic mass is 32.2. The summed E-state index contributed by atoms with van der Waals surface area (Å²) in [5.41, 5.74) is 1.08. The summed E-state index contributed by atoms with van der Waals surface area (Å²) in [6.45, 7) is 5.57. The van der Waals surface area contributed by atoms with Crippen molar-refractivity contribution in [1.82, 2.24) is 14.9 Å². The molecule has 3 aromatic rings. The first-order chi connectivity index (χ1) is 13.0. The Bertz CT molecular complexity index is 1080. The Morgan fingerprint density at radius 2 is 2.11 bits per heavy atom. The van der Waals surface area contributed by atoms with Crippen LogP contribution in [0.15, 0.2) is 65.1 Å².